The van der Waals surface area contributed by atoms with Gasteiger partial charge in [-0.3, -0.25) is 9.36 Å². The third kappa shape index (κ3) is 5.80. The van der Waals surface area contributed by atoms with Gasteiger partial charge in [0, 0.05) is 30.9 Å². The number of hydrogen-bond donors (Lipinski definition) is 0. The van der Waals surface area contributed by atoms with Crippen molar-refractivity contribution in [1.29, 1.82) is 0 Å². The molecular formula is C24H31NO2. The molecule has 1 heterocycles. The molecule has 0 unspecified atom stereocenters. The van der Waals surface area contributed by atoms with E-state index in [9.17, 15) is 4.79 Å². The summed E-state index contributed by atoms with van der Waals surface area (Å²) in [5.74, 6) is 0. The molecule has 0 fully saturated rings. The maximum absolute atomic E-state index is 11.2. The highest BCUT2D eigenvalue weighted by molar-refractivity contribution is 5.98. The van der Waals surface area contributed by atoms with E-state index in [0.717, 1.165) is 35.9 Å². The fourth-order valence-corrected chi connectivity index (χ4v) is 3.09. The van der Waals surface area contributed by atoms with Crippen molar-refractivity contribution in [1.82, 2.24) is 4.57 Å². The molecule has 27 heavy (non-hydrogen) atoms. The molecule has 3 rings (SSSR count). The third-order valence-corrected chi connectivity index (χ3v) is 4.61. The number of methoxy groups -OCH3 is 1. The molecule has 0 aliphatic carbocycles. The maximum Gasteiger partial charge on any atom is 0.218 e. The van der Waals surface area contributed by atoms with Gasteiger partial charge in [0.1, 0.15) is 0 Å². The first-order valence-corrected chi connectivity index (χ1v) is 9.88. The lowest BCUT2D eigenvalue weighted by molar-refractivity contribution is 0.194. The summed E-state index contributed by atoms with van der Waals surface area (Å²) in [6.45, 7) is 5.27. The smallest absolute Gasteiger partial charge is 0.218 e. The summed E-state index contributed by atoms with van der Waals surface area (Å²) in [4.78, 5) is 11.2. The number of benzene rings is 2. The van der Waals surface area contributed by atoms with Gasteiger partial charge in [0.15, 0.2) is 0 Å². The molecule has 0 bridgehead atoms. The fourth-order valence-electron chi connectivity index (χ4n) is 3.09. The Bertz CT molecular complexity index is 831. The molecule has 0 saturated carbocycles. The van der Waals surface area contributed by atoms with E-state index in [2.05, 4.69) is 44.2 Å². The molecule has 0 aliphatic heterocycles. The molecule has 2 aromatic carbocycles. The first-order chi connectivity index (χ1) is 13.2. The van der Waals surface area contributed by atoms with Crippen molar-refractivity contribution in [2.45, 2.75) is 46.0 Å². The molecule has 144 valence electrons. The predicted octanol–water partition coefficient (Wildman–Crippen LogP) is 6.12. The minimum absolute atomic E-state index is 0.868. The van der Waals surface area contributed by atoms with E-state index >= 15 is 0 Å². The molecule has 3 aromatic rings. The molecule has 3 heteroatoms. The van der Waals surface area contributed by atoms with Gasteiger partial charge >= 0.3 is 0 Å². The second-order valence-corrected chi connectivity index (χ2v) is 6.72. The SMILES string of the molecule is CCCCOC.CCCCc1cccc(-c2cn(C=O)c3ccccc23)c1. The second kappa shape index (κ2) is 11.3. The van der Waals surface area contributed by atoms with Crippen LogP contribution in [0.4, 0.5) is 0 Å². The quantitative estimate of drug-likeness (QED) is 0.355. The van der Waals surface area contributed by atoms with Gasteiger partial charge in [-0.1, -0.05) is 69.2 Å². The molecular weight excluding hydrogens is 334 g/mol. The lowest BCUT2D eigenvalue weighted by atomic mass is 10.0. The van der Waals surface area contributed by atoms with Crippen LogP contribution in [0.15, 0.2) is 54.7 Å². The van der Waals surface area contributed by atoms with Gasteiger partial charge in [-0.2, -0.15) is 0 Å². The van der Waals surface area contributed by atoms with Crippen LogP contribution in [0.5, 0.6) is 0 Å². The first kappa shape index (κ1) is 20.9. The number of carbonyl (C=O) groups excluding carboxylic acids is 1. The second-order valence-electron chi connectivity index (χ2n) is 6.72. The average molecular weight is 366 g/mol. The van der Waals surface area contributed by atoms with Crippen LogP contribution in [-0.2, 0) is 16.0 Å². The van der Waals surface area contributed by atoms with Crippen molar-refractivity contribution in [3.8, 4) is 11.1 Å². The lowest BCUT2D eigenvalue weighted by Gasteiger charge is -2.04. The summed E-state index contributed by atoms with van der Waals surface area (Å²) in [5, 5.41) is 1.12. The van der Waals surface area contributed by atoms with Crippen LogP contribution in [0.2, 0.25) is 0 Å². The third-order valence-electron chi connectivity index (χ3n) is 4.61. The van der Waals surface area contributed by atoms with E-state index in [1.54, 1.807) is 11.7 Å². The van der Waals surface area contributed by atoms with Crippen molar-refractivity contribution >= 4 is 17.3 Å². The lowest BCUT2D eigenvalue weighted by Crippen LogP contribution is -1.90. The van der Waals surface area contributed by atoms with Crippen LogP contribution >= 0.6 is 0 Å². The average Bonchev–Trinajstić information content (AvgIpc) is 3.10. The summed E-state index contributed by atoms with van der Waals surface area (Å²) in [6, 6.07) is 16.7. The Morgan fingerprint density at radius 3 is 2.44 bits per heavy atom. The molecule has 0 amide bonds. The summed E-state index contributed by atoms with van der Waals surface area (Å²) in [7, 11) is 1.73. The van der Waals surface area contributed by atoms with Gasteiger partial charge in [-0.15, -0.1) is 0 Å². The number of carbonyl (C=O) groups is 1. The highest BCUT2D eigenvalue weighted by Gasteiger charge is 2.09. The molecule has 0 N–H and O–H groups in total. The largest absolute Gasteiger partial charge is 0.385 e. The van der Waals surface area contributed by atoms with Gasteiger partial charge in [0.25, 0.3) is 0 Å². The molecule has 0 saturated heterocycles. The van der Waals surface area contributed by atoms with E-state index in [0.29, 0.717) is 0 Å². The summed E-state index contributed by atoms with van der Waals surface area (Å²) < 4.78 is 6.44. The standard InChI is InChI=1S/C19H19NO.C5H12O/c1-2-3-7-15-8-6-9-16(12-15)18-13-20(14-21)19-11-5-4-10-17(18)19;1-3-4-5-6-2/h4-6,8-14H,2-3,7H2,1H3;3-5H2,1-2H3. The summed E-state index contributed by atoms with van der Waals surface area (Å²) >= 11 is 0. The van der Waals surface area contributed by atoms with E-state index in [1.165, 1.54) is 36.8 Å². The van der Waals surface area contributed by atoms with Crippen molar-refractivity contribution in [2.24, 2.45) is 0 Å². The van der Waals surface area contributed by atoms with Crippen LogP contribution in [0.3, 0.4) is 0 Å². The maximum atomic E-state index is 11.2. The molecule has 3 nitrogen and oxygen atoms in total. The van der Waals surface area contributed by atoms with Gasteiger partial charge in [0.05, 0.1) is 5.52 Å². The summed E-state index contributed by atoms with van der Waals surface area (Å²) in [5.41, 5.74) is 4.62. The van der Waals surface area contributed by atoms with Crippen LogP contribution in [0, 0.1) is 0 Å². The molecule has 1 aromatic heterocycles. The molecule has 0 atom stereocenters. The topological polar surface area (TPSA) is 31.2 Å². The predicted molar refractivity (Wildman–Crippen MR) is 115 cm³/mol. The molecule has 0 radical (unpaired) electrons. The highest BCUT2D eigenvalue weighted by Crippen LogP contribution is 2.30. The Labute approximate surface area is 163 Å². The van der Waals surface area contributed by atoms with Gasteiger partial charge in [-0.05, 0) is 36.5 Å². The van der Waals surface area contributed by atoms with Crippen LogP contribution in [-0.4, -0.2) is 24.7 Å². The summed E-state index contributed by atoms with van der Waals surface area (Å²) in [6.07, 6.45) is 8.73. The zero-order chi connectivity index (χ0) is 19.5. The zero-order valence-corrected chi connectivity index (χ0v) is 16.8. The number of para-hydroxylation sites is 1. The first-order valence-electron chi connectivity index (χ1n) is 9.88. The Morgan fingerprint density at radius 1 is 1.00 bits per heavy atom. The monoisotopic (exact) mass is 365 g/mol. The van der Waals surface area contributed by atoms with Crippen molar-refractivity contribution in [2.75, 3.05) is 13.7 Å². The number of unbranched alkanes of at least 4 members (excludes halogenated alkanes) is 2. The van der Waals surface area contributed by atoms with Crippen molar-refractivity contribution < 1.29 is 9.53 Å². The normalized spacial score (nSPS) is 10.5. The van der Waals surface area contributed by atoms with E-state index in [1.807, 2.05) is 24.4 Å². The van der Waals surface area contributed by atoms with E-state index in [-0.39, 0.29) is 0 Å². The Hall–Kier alpha value is -2.39. The van der Waals surface area contributed by atoms with Crippen molar-refractivity contribution in [3.05, 3.63) is 60.3 Å². The molecule has 0 spiro atoms. The number of ether oxygens (including phenoxy) is 1. The number of rotatable bonds is 8. The zero-order valence-electron chi connectivity index (χ0n) is 16.8. The minimum atomic E-state index is 0.868. The fraction of sp³-hybridized carbons (Fsp3) is 0.375. The van der Waals surface area contributed by atoms with Crippen LogP contribution in [0.25, 0.3) is 22.0 Å². The van der Waals surface area contributed by atoms with E-state index in [4.69, 9.17) is 4.74 Å². The molecule has 0 aliphatic rings. The van der Waals surface area contributed by atoms with Gasteiger partial charge in [0.2, 0.25) is 6.41 Å². The minimum Gasteiger partial charge on any atom is -0.385 e. The Balaban J connectivity index is 0.000000380. The van der Waals surface area contributed by atoms with Crippen molar-refractivity contribution in [3.63, 3.8) is 0 Å². The van der Waals surface area contributed by atoms with Gasteiger partial charge in [-0.25, -0.2) is 0 Å². The Morgan fingerprint density at radius 2 is 1.78 bits per heavy atom. The van der Waals surface area contributed by atoms with Crippen LogP contribution < -0.4 is 0 Å². The highest BCUT2D eigenvalue weighted by atomic mass is 16.5. The number of hydrogen-bond acceptors (Lipinski definition) is 2. The number of aryl methyl sites for hydroxylation is 1. The van der Waals surface area contributed by atoms with Crippen LogP contribution in [0.1, 0.15) is 45.1 Å². The number of fused-ring (bicyclic) bond motifs is 1. The number of aromatic nitrogens is 1. The van der Waals surface area contributed by atoms with Gasteiger partial charge < -0.3 is 4.74 Å². The Kier molecular flexibility index (Phi) is 8.79. The van der Waals surface area contributed by atoms with E-state index < -0.39 is 0 Å². The number of nitrogens with zero attached hydrogens (tertiary/aromatic N) is 1.